The molecule has 4 nitrogen and oxygen atoms in total. The first kappa shape index (κ1) is 18.8. The highest BCUT2D eigenvalue weighted by Crippen LogP contribution is 2.23. The van der Waals surface area contributed by atoms with Crippen LogP contribution in [0.25, 0.3) is 21.8 Å². The van der Waals surface area contributed by atoms with E-state index < -0.39 is 11.8 Å². The van der Waals surface area contributed by atoms with Gasteiger partial charge in [0.2, 0.25) is 0 Å². The minimum Gasteiger partial charge on any atom is -0.465 e. The second kappa shape index (κ2) is 8.18. The average molecular weight is 431 g/mol. The number of hydrogen-bond donors (Lipinski definition) is 0. The SMILES string of the molecule is COC(=O)c1ccnc2c(F)cccc12.Fc1cccc2c(Br)ccnc12. The molecule has 7 heteroatoms. The molecule has 0 unspecified atom stereocenters. The fourth-order valence-electron chi connectivity index (χ4n) is 2.53. The molecule has 0 radical (unpaired) electrons. The highest BCUT2D eigenvalue weighted by Gasteiger charge is 2.12. The predicted octanol–water partition coefficient (Wildman–Crippen LogP) is 5.30. The minimum absolute atomic E-state index is 0.181. The number of fused-ring (bicyclic) bond motifs is 2. The third kappa shape index (κ3) is 3.93. The third-order valence-electron chi connectivity index (χ3n) is 3.80. The molecule has 0 aliphatic rings. The molecule has 0 N–H and O–H groups in total. The van der Waals surface area contributed by atoms with E-state index in [2.05, 4.69) is 30.6 Å². The van der Waals surface area contributed by atoms with Gasteiger partial charge in [0.1, 0.15) is 22.7 Å². The van der Waals surface area contributed by atoms with Crippen molar-refractivity contribution in [3.8, 4) is 0 Å². The molecule has 4 aromatic rings. The fourth-order valence-corrected chi connectivity index (χ4v) is 2.97. The fraction of sp³-hybridized carbons (Fsp3) is 0.0500. The van der Waals surface area contributed by atoms with Crippen molar-refractivity contribution >= 4 is 43.7 Å². The van der Waals surface area contributed by atoms with Gasteiger partial charge in [-0.15, -0.1) is 0 Å². The van der Waals surface area contributed by atoms with Crippen LogP contribution in [-0.2, 0) is 4.74 Å². The largest absolute Gasteiger partial charge is 0.465 e. The maximum Gasteiger partial charge on any atom is 0.338 e. The van der Waals surface area contributed by atoms with E-state index >= 15 is 0 Å². The van der Waals surface area contributed by atoms with Gasteiger partial charge in [-0.1, -0.05) is 40.2 Å². The second-order valence-electron chi connectivity index (χ2n) is 5.41. The Morgan fingerprint density at radius 2 is 1.44 bits per heavy atom. The number of hydrogen-bond acceptors (Lipinski definition) is 4. The number of nitrogens with zero attached hydrogens (tertiary/aromatic N) is 2. The van der Waals surface area contributed by atoms with Crippen LogP contribution in [0.3, 0.4) is 0 Å². The lowest BCUT2D eigenvalue weighted by Gasteiger charge is -2.03. The van der Waals surface area contributed by atoms with Crippen LogP contribution in [0.4, 0.5) is 8.78 Å². The monoisotopic (exact) mass is 430 g/mol. The zero-order valence-corrected chi connectivity index (χ0v) is 15.7. The van der Waals surface area contributed by atoms with Crippen molar-refractivity contribution < 1.29 is 18.3 Å². The van der Waals surface area contributed by atoms with Crippen LogP contribution in [0.5, 0.6) is 0 Å². The summed E-state index contributed by atoms with van der Waals surface area (Å²) < 4.78 is 31.9. The number of esters is 1. The summed E-state index contributed by atoms with van der Waals surface area (Å²) >= 11 is 3.32. The molecular weight excluding hydrogens is 418 g/mol. The van der Waals surface area contributed by atoms with E-state index in [0.717, 1.165) is 9.86 Å². The summed E-state index contributed by atoms with van der Waals surface area (Å²) in [6.07, 6.45) is 2.97. The topological polar surface area (TPSA) is 52.1 Å². The number of para-hydroxylation sites is 2. The van der Waals surface area contributed by atoms with Crippen molar-refractivity contribution in [2.75, 3.05) is 7.11 Å². The van der Waals surface area contributed by atoms with E-state index in [1.54, 1.807) is 24.4 Å². The van der Waals surface area contributed by atoms with Crippen LogP contribution in [-0.4, -0.2) is 23.0 Å². The molecule has 0 saturated heterocycles. The number of carbonyl (C=O) groups is 1. The van der Waals surface area contributed by atoms with Crippen LogP contribution in [0.1, 0.15) is 10.4 Å². The first-order valence-corrected chi connectivity index (χ1v) is 8.62. The summed E-state index contributed by atoms with van der Waals surface area (Å²) in [5, 5.41) is 1.27. The Labute approximate surface area is 162 Å². The zero-order valence-electron chi connectivity index (χ0n) is 14.1. The van der Waals surface area contributed by atoms with Crippen molar-refractivity contribution in [3.63, 3.8) is 0 Å². The summed E-state index contributed by atoms with van der Waals surface area (Å²) in [6, 6.07) is 12.7. The van der Waals surface area contributed by atoms with Crippen LogP contribution >= 0.6 is 15.9 Å². The van der Waals surface area contributed by atoms with Gasteiger partial charge >= 0.3 is 5.97 Å². The Kier molecular flexibility index (Phi) is 5.71. The Bertz CT molecular complexity index is 1090. The van der Waals surface area contributed by atoms with Gasteiger partial charge in [0.05, 0.1) is 12.7 Å². The Morgan fingerprint density at radius 1 is 0.889 bits per heavy atom. The molecule has 136 valence electrons. The van der Waals surface area contributed by atoms with Gasteiger partial charge in [-0.3, -0.25) is 9.97 Å². The number of carbonyl (C=O) groups excluding carboxylic acids is 1. The second-order valence-corrected chi connectivity index (χ2v) is 6.27. The Hall–Kier alpha value is -2.93. The van der Waals surface area contributed by atoms with Crippen molar-refractivity contribution in [2.45, 2.75) is 0 Å². The molecule has 0 atom stereocenters. The molecule has 0 aliphatic carbocycles. The van der Waals surface area contributed by atoms with E-state index in [1.807, 2.05) is 6.07 Å². The molecule has 0 aliphatic heterocycles. The number of ether oxygens (including phenoxy) is 1. The first-order chi connectivity index (χ1) is 13.0. The lowest BCUT2D eigenvalue weighted by molar-refractivity contribution is 0.0603. The van der Waals surface area contributed by atoms with Gasteiger partial charge in [-0.25, -0.2) is 13.6 Å². The van der Waals surface area contributed by atoms with E-state index in [9.17, 15) is 13.6 Å². The lowest BCUT2D eigenvalue weighted by Crippen LogP contribution is -2.02. The number of methoxy groups -OCH3 is 1. The highest BCUT2D eigenvalue weighted by molar-refractivity contribution is 9.10. The third-order valence-corrected chi connectivity index (χ3v) is 4.49. The van der Waals surface area contributed by atoms with Crippen LogP contribution in [0, 0.1) is 11.6 Å². The first-order valence-electron chi connectivity index (χ1n) is 7.83. The molecule has 2 aromatic carbocycles. The highest BCUT2D eigenvalue weighted by atomic mass is 79.9. The standard InChI is InChI=1S/C11H8FNO2.C9H5BrFN/c1-15-11(14)8-5-6-13-10-7(8)3-2-4-9(10)12;10-7-4-5-12-9-6(7)2-1-3-8(9)11/h2-6H,1H3;1-5H. The van der Waals surface area contributed by atoms with Crippen molar-refractivity contribution in [2.24, 2.45) is 0 Å². The summed E-state index contributed by atoms with van der Waals surface area (Å²) in [4.78, 5) is 19.2. The van der Waals surface area contributed by atoms with Crippen LogP contribution < -0.4 is 0 Å². The Morgan fingerprint density at radius 3 is 2.04 bits per heavy atom. The zero-order chi connectivity index (χ0) is 19.4. The summed E-state index contributed by atoms with van der Waals surface area (Å²) in [7, 11) is 1.29. The van der Waals surface area contributed by atoms with Gasteiger partial charge in [0.15, 0.2) is 0 Å². The average Bonchev–Trinajstić information content (AvgIpc) is 2.69. The molecule has 2 heterocycles. The molecule has 0 saturated carbocycles. The van der Waals surface area contributed by atoms with E-state index in [4.69, 9.17) is 0 Å². The predicted molar refractivity (Wildman–Crippen MR) is 102 cm³/mol. The molecule has 0 amide bonds. The maximum absolute atomic E-state index is 13.3. The molecule has 27 heavy (non-hydrogen) atoms. The number of pyridine rings is 2. The molecule has 4 rings (SSSR count). The lowest BCUT2D eigenvalue weighted by atomic mass is 10.1. The number of rotatable bonds is 1. The smallest absolute Gasteiger partial charge is 0.338 e. The minimum atomic E-state index is -0.493. The van der Waals surface area contributed by atoms with Crippen molar-refractivity contribution in [3.05, 3.63) is 82.6 Å². The van der Waals surface area contributed by atoms with Crippen LogP contribution in [0.15, 0.2) is 65.4 Å². The van der Waals surface area contributed by atoms with Gasteiger partial charge in [-0.2, -0.15) is 0 Å². The number of aromatic nitrogens is 2. The Balaban J connectivity index is 0.000000159. The van der Waals surface area contributed by atoms with Crippen molar-refractivity contribution in [1.82, 2.24) is 9.97 Å². The molecule has 0 spiro atoms. The quantitative estimate of drug-likeness (QED) is 0.384. The normalized spacial score (nSPS) is 10.4. The van der Waals surface area contributed by atoms with Crippen molar-refractivity contribution in [1.29, 1.82) is 0 Å². The number of benzene rings is 2. The van der Waals surface area contributed by atoms with Gasteiger partial charge in [-0.05, 0) is 24.3 Å². The van der Waals surface area contributed by atoms with Crippen LogP contribution in [0.2, 0.25) is 0 Å². The summed E-state index contributed by atoms with van der Waals surface area (Å²) in [5.41, 5.74) is 0.911. The van der Waals surface area contributed by atoms with Gasteiger partial charge < -0.3 is 4.74 Å². The van der Waals surface area contributed by atoms with Gasteiger partial charge in [0, 0.05) is 27.6 Å². The van der Waals surface area contributed by atoms with E-state index in [-0.39, 0.29) is 11.3 Å². The molecule has 0 bridgehead atoms. The molecule has 0 fully saturated rings. The molecule has 2 aromatic heterocycles. The molecular formula is C20H13BrF2N2O2. The maximum atomic E-state index is 13.3. The summed E-state index contributed by atoms with van der Waals surface area (Å²) in [5.74, 6) is -1.22. The van der Waals surface area contributed by atoms with E-state index in [0.29, 0.717) is 16.5 Å². The van der Waals surface area contributed by atoms with E-state index in [1.165, 1.54) is 37.6 Å². The number of halogens is 3. The summed E-state index contributed by atoms with van der Waals surface area (Å²) in [6.45, 7) is 0. The van der Waals surface area contributed by atoms with Gasteiger partial charge in [0.25, 0.3) is 0 Å².